The Balaban J connectivity index is 2.23. The number of ether oxygens (including phenoxy) is 1. The maximum absolute atomic E-state index is 10.8. The van der Waals surface area contributed by atoms with E-state index in [1.807, 2.05) is 26.0 Å². The zero-order chi connectivity index (χ0) is 15.2. The maximum atomic E-state index is 10.8. The maximum Gasteiger partial charge on any atom is 0.313 e. The Morgan fingerprint density at radius 1 is 1.48 bits per heavy atom. The highest BCUT2D eigenvalue weighted by atomic mass is 32.2. The van der Waals surface area contributed by atoms with E-state index in [4.69, 9.17) is 9.84 Å². The molecule has 0 unspecified atom stereocenters. The molecule has 0 aliphatic rings. The van der Waals surface area contributed by atoms with E-state index in [1.54, 1.807) is 0 Å². The average molecular weight is 308 g/mol. The SMILES string of the molecule is CCOCCCn1c(SCC(=O)O)nc2cc(C)ccc21. The minimum absolute atomic E-state index is 0.0216. The lowest BCUT2D eigenvalue weighted by molar-refractivity contribution is -0.133. The molecule has 5 nitrogen and oxygen atoms in total. The largest absolute Gasteiger partial charge is 0.481 e. The summed E-state index contributed by atoms with van der Waals surface area (Å²) >= 11 is 1.26. The molecule has 0 atom stereocenters. The molecule has 21 heavy (non-hydrogen) atoms. The van der Waals surface area contributed by atoms with Crippen LogP contribution in [0.5, 0.6) is 0 Å². The molecule has 1 aromatic carbocycles. The Morgan fingerprint density at radius 3 is 3.00 bits per heavy atom. The summed E-state index contributed by atoms with van der Waals surface area (Å²) in [5, 5.41) is 9.61. The fourth-order valence-electron chi connectivity index (χ4n) is 2.14. The molecule has 0 saturated carbocycles. The Labute approximate surface area is 128 Å². The van der Waals surface area contributed by atoms with E-state index in [0.29, 0.717) is 13.2 Å². The lowest BCUT2D eigenvalue weighted by Crippen LogP contribution is -2.06. The number of thioether (sulfide) groups is 1. The molecule has 6 heteroatoms. The third-order valence-corrected chi connectivity index (χ3v) is 4.03. The first-order valence-electron chi connectivity index (χ1n) is 7.01. The molecule has 1 N–H and O–H groups in total. The highest BCUT2D eigenvalue weighted by Crippen LogP contribution is 2.25. The molecular formula is C15H20N2O3S. The monoisotopic (exact) mass is 308 g/mol. The van der Waals surface area contributed by atoms with Gasteiger partial charge >= 0.3 is 5.97 Å². The van der Waals surface area contributed by atoms with Gasteiger partial charge in [-0.15, -0.1) is 0 Å². The number of fused-ring (bicyclic) bond motifs is 1. The van der Waals surface area contributed by atoms with E-state index in [1.165, 1.54) is 11.8 Å². The number of rotatable bonds is 8. The zero-order valence-electron chi connectivity index (χ0n) is 12.3. The summed E-state index contributed by atoms with van der Waals surface area (Å²) in [6.07, 6.45) is 0.883. The number of nitrogens with zero attached hydrogens (tertiary/aromatic N) is 2. The highest BCUT2D eigenvalue weighted by Gasteiger charge is 2.12. The standard InChI is InChI=1S/C15H20N2O3S/c1-3-20-8-4-7-17-13-6-5-11(2)9-12(13)16-15(17)21-10-14(18)19/h5-6,9H,3-4,7-8,10H2,1-2H3,(H,18,19). The molecule has 0 saturated heterocycles. The van der Waals surface area contributed by atoms with Crippen molar-refractivity contribution in [1.82, 2.24) is 9.55 Å². The van der Waals surface area contributed by atoms with Crippen molar-refractivity contribution < 1.29 is 14.6 Å². The van der Waals surface area contributed by atoms with Gasteiger partial charge in [0.15, 0.2) is 5.16 Å². The van der Waals surface area contributed by atoms with E-state index in [2.05, 4.69) is 15.6 Å². The molecule has 0 amide bonds. The van der Waals surface area contributed by atoms with E-state index in [-0.39, 0.29) is 5.75 Å². The van der Waals surface area contributed by atoms with Gasteiger partial charge < -0.3 is 14.4 Å². The zero-order valence-corrected chi connectivity index (χ0v) is 13.2. The molecular weight excluding hydrogens is 288 g/mol. The van der Waals surface area contributed by atoms with Crippen LogP contribution >= 0.6 is 11.8 Å². The number of carbonyl (C=O) groups is 1. The van der Waals surface area contributed by atoms with Gasteiger partial charge in [0.25, 0.3) is 0 Å². The summed E-state index contributed by atoms with van der Waals surface area (Å²) in [4.78, 5) is 15.3. The van der Waals surface area contributed by atoms with Crippen molar-refractivity contribution in [1.29, 1.82) is 0 Å². The number of carboxylic acid groups (broad SMARTS) is 1. The first-order valence-corrected chi connectivity index (χ1v) is 7.99. The fraction of sp³-hybridized carbons (Fsp3) is 0.467. The molecule has 2 aromatic rings. The van der Waals surface area contributed by atoms with Crippen LogP contribution in [-0.2, 0) is 16.1 Å². The van der Waals surface area contributed by atoms with E-state index >= 15 is 0 Å². The number of aryl methyl sites for hydroxylation is 2. The summed E-state index contributed by atoms with van der Waals surface area (Å²) in [6.45, 7) is 6.19. The van der Waals surface area contributed by atoms with Crippen LogP contribution in [0.15, 0.2) is 23.4 Å². The van der Waals surface area contributed by atoms with Crippen molar-refractivity contribution in [2.24, 2.45) is 0 Å². The average Bonchev–Trinajstić information content (AvgIpc) is 2.78. The summed E-state index contributed by atoms with van der Waals surface area (Å²) in [7, 11) is 0. The van der Waals surface area contributed by atoms with Crippen LogP contribution in [0.2, 0.25) is 0 Å². The normalized spacial score (nSPS) is 11.1. The Bertz CT molecular complexity index is 625. The molecule has 0 bridgehead atoms. The second-order valence-electron chi connectivity index (χ2n) is 4.77. The number of carboxylic acids is 1. The lowest BCUT2D eigenvalue weighted by Gasteiger charge is -2.08. The fourth-order valence-corrected chi connectivity index (χ4v) is 2.90. The van der Waals surface area contributed by atoms with Crippen LogP contribution in [0.1, 0.15) is 18.9 Å². The van der Waals surface area contributed by atoms with E-state index < -0.39 is 5.97 Å². The predicted octanol–water partition coefficient (Wildman–Crippen LogP) is 2.95. The summed E-state index contributed by atoms with van der Waals surface area (Å²) < 4.78 is 7.45. The van der Waals surface area contributed by atoms with Crippen molar-refractivity contribution >= 4 is 28.8 Å². The van der Waals surface area contributed by atoms with Gasteiger partial charge in [-0.1, -0.05) is 17.8 Å². The van der Waals surface area contributed by atoms with Gasteiger partial charge in [-0.2, -0.15) is 0 Å². The summed E-state index contributed by atoms with van der Waals surface area (Å²) in [5.41, 5.74) is 3.11. The number of aliphatic carboxylic acids is 1. The predicted molar refractivity (Wildman–Crippen MR) is 83.9 cm³/mol. The minimum Gasteiger partial charge on any atom is -0.481 e. The third-order valence-electron chi connectivity index (χ3n) is 3.07. The van der Waals surface area contributed by atoms with Crippen molar-refractivity contribution in [2.75, 3.05) is 19.0 Å². The molecule has 0 spiro atoms. The van der Waals surface area contributed by atoms with Crippen LogP contribution in [-0.4, -0.2) is 39.6 Å². The molecule has 0 fully saturated rings. The van der Waals surface area contributed by atoms with Crippen LogP contribution in [0, 0.1) is 6.92 Å². The molecule has 2 rings (SSSR count). The van der Waals surface area contributed by atoms with E-state index in [0.717, 1.165) is 34.7 Å². The van der Waals surface area contributed by atoms with Crippen molar-refractivity contribution in [3.05, 3.63) is 23.8 Å². The summed E-state index contributed by atoms with van der Waals surface area (Å²) in [6, 6.07) is 6.12. The number of hydrogen-bond acceptors (Lipinski definition) is 4. The third kappa shape index (κ3) is 4.22. The second kappa shape index (κ2) is 7.47. The van der Waals surface area contributed by atoms with Gasteiger partial charge in [0.2, 0.25) is 0 Å². The molecule has 0 radical (unpaired) electrons. The van der Waals surface area contributed by atoms with E-state index in [9.17, 15) is 4.79 Å². The molecule has 114 valence electrons. The van der Waals surface area contributed by atoms with Crippen molar-refractivity contribution in [3.63, 3.8) is 0 Å². The van der Waals surface area contributed by atoms with Crippen LogP contribution in [0.4, 0.5) is 0 Å². The van der Waals surface area contributed by atoms with Crippen LogP contribution in [0.3, 0.4) is 0 Å². The topological polar surface area (TPSA) is 64.3 Å². The second-order valence-corrected chi connectivity index (χ2v) is 5.71. The first-order chi connectivity index (χ1) is 10.1. The number of aromatic nitrogens is 2. The molecule has 1 heterocycles. The molecule has 0 aliphatic heterocycles. The molecule has 1 aromatic heterocycles. The van der Waals surface area contributed by atoms with Gasteiger partial charge in [-0.25, -0.2) is 4.98 Å². The van der Waals surface area contributed by atoms with Crippen molar-refractivity contribution in [2.45, 2.75) is 32.0 Å². The Kier molecular flexibility index (Phi) is 5.64. The lowest BCUT2D eigenvalue weighted by atomic mass is 10.2. The highest BCUT2D eigenvalue weighted by molar-refractivity contribution is 7.99. The van der Waals surface area contributed by atoms with Gasteiger partial charge in [-0.3, -0.25) is 4.79 Å². The van der Waals surface area contributed by atoms with Gasteiger partial charge in [0, 0.05) is 19.8 Å². The van der Waals surface area contributed by atoms with Gasteiger partial charge in [0.1, 0.15) is 0 Å². The van der Waals surface area contributed by atoms with Crippen LogP contribution in [0.25, 0.3) is 11.0 Å². The number of hydrogen-bond donors (Lipinski definition) is 1. The van der Waals surface area contributed by atoms with Gasteiger partial charge in [-0.05, 0) is 38.0 Å². The van der Waals surface area contributed by atoms with Gasteiger partial charge in [0.05, 0.1) is 16.8 Å². The Morgan fingerprint density at radius 2 is 2.29 bits per heavy atom. The quantitative estimate of drug-likeness (QED) is 0.600. The summed E-state index contributed by atoms with van der Waals surface area (Å²) in [5.74, 6) is -0.808. The smallest absolute Gasteiger partial charge is 0.313 e. The minimum atomic E-state index is -0.830. The Hall–Kier alpha value is -1.53. The number of imidazole rings is 1. The molecule has 0 aliphatic carbocycles. The van der Waals surface area contributed by atoms with Crippen LogP contribution < -0.4 is 0 Å². The van der Waals surface area contributed by atoms with Crippen molar-refractivity contribution in [3.8, 4) is 0 Å². The number of benzene rings is 1. The first kappa shape index (κ1) is 15.9.